The Labute approximate surface area is 232 Å². The molecule has 0 unspecified atom stereocenters. The largest absolute Gasteiger partial charge is 0.507 e. The van der Waals surface area contributed by atoms with Gasteiger partial charge in [-0.25, -0.2) is 11.0 Å². The number of benzene rings is 1. The topological polar surface area (TPSA) is 107 Å². The van der Waals surface area contributed by atoms with Crippen molar-refractivity contribution in [1.82, 2.24) is 24.7 Å². The lowest BCUT2D eigenvalue weighted by Crippen LogP contribution is -2.56. The average molecular weight is 550 g/mol. The van der Waals surface area contributed by atoms with E-state index >= 15 is 0 Å². The summed E-state index contributed by atoms with van der Waals surface area (Å²) >= 11 is 0. The maximum atomic E-state index is 14.5. The lowest BCUT2D eigenvalue weighted by atomic mass is 10.1. The third-order valence-electron chi connectivity index (χ3n) is 7.85. The molecule has 3 aliphatic rings. The van der Waals surface area contributed by atoms with E-state index in [0.717, 1.165) is 25.5 Å². The lowest BCUT2D eigenvalue weighted by molar-refractivity contribution is -0.128. The number of hydrogen-bond donors (Lipinski definition) is 1. The van der Waals surface area contributed by atoms with Gasteiger partial charge in [0.1, 0.15) is 35.6 Å². The summed E-state index contributed by atoms with van der Waals surface area (Å²) in [4.78, 5) is 45.9. The molecule has 1 aromatic carbocycles. The van der Waals surface area contributed by atoms with Gasteiger partial charge in [-0.3, -0.25) is 9.59 Å². The molecule has 2 atom stereocenters. The summed E-state index contributed by atoms with van der Waals surface area (Å²) in [5, 5.41) is 10.2. The zero-order valence-electron chi connectivity index (χ0n) is 22.4. The van der Waals surface area contributed by atoms with Gasteiger partial charge < -0.3 is 34.3 Å². The number of amides is 2. The van der Waals surface area contributed by atoms with Gasteiger partial charge in [0, 0.05) is 31.2 Å². The number of likely N-dealkylation sites (tertiary alicyclic amines) is 1. The van der Waals surface area contributed by atoms with Crippen LogP contribution in [0.25, 0.3) is 4.85 Å². The van der Waals surface area contributed by atoms with Gasteiger partial charge in [0.15, 0.2) is 0 Å². The first-order valence-corrected chi connectivity index (χ1v) is 13.3. The molecular weight excluding hydrogens is 517 g/mol. The first-order chi connectivity index (χ1) is 19.3. The molecule has 3 aliphatic heterocycles. The highest BCUT2D eigenvalue weighted by molar-refractivity contribution is 5.97. The van der Waals surface area contributed by atoms with E-state index in [1.165, 1.54) is 23.1 Å². The molecule has 11 nitrogen and oxygen atoms in total. The highest BCUT2D eigenvalue weighted by Gasteiger charge is 2.37. The lowest BCUT2D eigenvalue weighted by Gasteiger charge is -2.39. The number of likely N-dealkylation sites (N-methyl/N-ethyl adjacent to an activating group) is 1. The molecular formula is C28H32FN7O4. The van der Waals surface area contributed by atoms with Crippen molar-refractivity contribution in [2.24, 2.45) is 0 Å². The third-order valence-corrected chi connectivity index (χ3v) is 7.85. The summed E-state index contributed by atoms with van der Waals surface area (Å²) in [5.74, 6) is -1.55. The predicted octanol–water partition coefficient (Wildman–Crippen LogP) is 2.07. The Morgan fingerprint density at radius 3 is 2.77 bits per heavy atom. The van der Waals surface area contributed by atoms with Crippen LogP contribution in [0.5, 0.6) is 11.8 Å². The van der Waals surface area contributed by atoms with E-state index in [2.05, 4.69) is 28.4 Å². The smallest absolute Gasteiger partial charge is 0.318 e. The van der Waals surface area contributed by atoms with Crippen LogP contribution in [0.1, 0.15) is 34.5 Å². The second-order valence-electron chi connectivity index (χ2n) is 10.3. The molecule has 12 heteroatoms. The van der Waals surface area contributed by atoms with Crippen molar-refractivity contribution in [3.63, 3.8) is 0 Å². The molecule has 2 saturated heterocycles. The van der Waals surface area contributed by atoms with E-state index in [1.807, 2.05) is 4.90 Å². The van der Waals surface area contributed by atoms with Crippen molar-refractivity contribution >= 4 is 17.6 Å². The van der Waals surface area contributed by atoms with Gasteiger partial charge in [-0.1, -0.05) is 12.6 Å². The van der Waals surface area contributed by atoms with Gasteiger partial charge >= 0.3 is 6.01 Å². The summed E-state index contributed by atoms with van der Waals surface area (Å²) in [7, 11) is 2.05. The predicted molar refractivity (Wildman–Crippen MR) is 144 cm³/mol. The fraction of sp³-hybridized carbons (Fsp3) is 0.464. The molecule has 4 heterocycles. The molecule has 2 aromatic rings. The summed E-state index contributed by atoms with van der Waals surface area (Å²) < 4.78 is 20.6. The zero-order chi connectivity index (χ0) is 28.4. The second kappa shape index (κ2) is 11.5. The van der Waals surface area contributed by atoms with Crippen molar-refractivity contribution in [3.8, 4) is 11.8 Å². The number of aromatic nitrogens is 2. The monoisotopic (exact) mass is 549 g/mol. The molecule has 0 bridgehead atoms. The second-order valence-corrected chi connectivity index (χ2v) is 10.3. The quantitative estimate of drug-likeness (QED) is 0.413. The fourth-order valence-corrected chi connectivity index (χ4v) is 5.64. The Morgan fingerprint density at radius 2 is 2.08 bits per heavy atom. The zero-order valence-corrected chi connectivity index (χ0v) is 22.4. The molecule has 40 heavy (non-hydrogen) atoms. The number of ether oxygens (including phenoxy) is 1. The molecule has 210 valence electrons. The van der Waals surface area contributed by atoms with Crippen molar-refractivity contribution in [3.05, 3.63) is 64.9 Å². The van der Waals surface area contributed by atoms with E-state index in [-0.39, 0.29) is 49.2 Å². The van der Waals surface area contributed by atoms with Crippen LogP contribution in [0.2, 0.25) is 0 Å². The van der Waals surface area contributed by atoms with Crippen LogP contribution in [0.4, 0.5) is 10.2 Å². The van der Waals surface area contributed by atoms with E-state index in [4.69, 9.17) is 16.3 Å². The molecule has 1 aromatic heterocycles. The maximum Gasteiger partial charge on any atom is 0.318 e. The molecule has 1 N–H and O–H groups in total. The normalized spacial score (nSPS) is 20.8. The Kier molecular flexibility index (Phi) is 7.84. The van der Waals surface area contributed by atoms with E-state index < -0.39 is 17.5 Å². The SMILES string of the molecule is [C-]#[N+]C[C@H]1CN(c2nc(OC[C@@H]3CCCN3C)nc3c2CN(C(=O)c2c(O)cccc2F)C3)CCN1C(=O)C=C. The molecule has 0 radical (unpaired) electrons. The standard InChI is InChI=1S/C28H32FN7O4/c1-4-24(38)36-12-11-34(14-19(36)13-30-2)26-20-15-35(27(39)25-21(29)8-5-9-23(25)37)16-22(20)31-28(32-26)40-17-18-7-6-10-33(18)3/h4-5,8-9,18-19,37H,1,6-7,10-17H2,3H3/t18-,19-/m0/s1. The number of carbonyl (C=O) groups excluding carboxylic acids is 2. The number of halogens is 1. The first-order valence-electron chi connectivity index (χ1n) is 13.3. The molecule has 0 spiro atoms. The van der Waals surface area contributed by atoms with Crippen LogP contribution in [0.3, 0.4) is 0 Å². The van der Waals surface area contributed by atoms with Crippen molar-refractivity contribution in [2.75, 3.05) is 51.3 Å². The van der Waals surface area contributed by atoms with Crippen LogP contribution in [-0.4, -0.2) is 100 Å². The number of fused-ring (bicyclic) bond motifs is 1. The summed E-state index contributed by atoms with van der Waals surface area (Å²) in [5.41, 5.74) is 0.883. The first kappa shape index (κ1) is 27.3. The van der Waals surface area contributed by atoms with Crippen molar-refractivity contribution in [2.45, 2.75) is 38.0 Å². The van der Waals surface area contributed by atoms with Gasteiger partial charge in [-0.05, 0) is 44.6 Å². The van der Waals surface area contributed by atoms with Crippen LogP contribution < -0.4 is 9.64 Å². The Balaban J connectivity index is 1.45. The average Bonchev–Trinajstić information content (AvgIpc) is 3.56. The Hall–Kier alpha value is -4.24. The number of nitrogens with zero attached hydrogens (tertiary/aromatic N) is 7. The third kappa shape index (κ3) is 5.29. The number of rotatable bonds is 7. The summed E-state index contributed by atoms with van der Waals surface area (Å²) in [6.07, 6.45) is 3.36. The number of hydrogen-bond acceptors (Lipinski definition) is 8. The molecule has 0 aliphatic carbocycles. The number of carbonyl (C=O) groups is 2. The van der Waals surface area contributed by atoms with Gasteiger partial charge in [-0.2, -0.15) is 9.97 Å². The van der Waals surface area contributed by atoms with Crippen molar-refractivity contribution < 1.29 is 23.8 Å². The number of piperazine rings is 1. The molecule has 2 fully saturated rings. The maximum absolute atomic E-state index is 14.5. The van der Waals surface area contributed by atoms with Crippen molar-refractivity contribution in [1.29, 1.82) is 0 Å². The Morgan fingerprint density at radius 1 is 1.25 bits per heavy atom. The highest BCUT2D eigenvalue weighted by Crippen LogP contribution is 2.34. The van der Waals surface area contributed by atoms with Gasteiger partial charge in [0.25, 0.3) is 5.91 Å². The molecule has 5 rings (SSSR count). The number of aromatic hydroxyl groups is 1. The van der Waals surface area contributed by atoms with E-state index in [9.17, 15) is 19.1 Å². The summed E-state index contributed by atoms with van der Waals surface area (Å²) in [6.45, 7) is 13.9. The highest BCUT2D eigenvalue weighted by atomic mass is 19.1. The van der Waals surface area contributed by atoms with Crippen LogP contribution in [0, 0.1) is 12.4 Å². The fourth-order valence-electron chi connectivity index (χ4n) is 5.64. The van der Waals surface area contributed by atoms with E-state index in [0.29, 0.717) is 43.3 Å². The van der Waals surface area contributed by atoms with Crippen LogP contribution >= 0.6 is 0 Å². The minimum absolute atomic E-state index is 0.0948. The van der Waals surface area contributed by atoms with Gasteiger partial charge in [0.2, 0.25) is 12.5 Å². The number of phenolic OH excluding ortho intramolecular Hbond substituents is 1. The Bertz CT molecular complexity index is 1340. The van der Waals surface area contributed by atoms with Gasteiger partial charge in [0.05, 0.1) is 18.8 Å². The minimum atomic E-state index is -0.804. The van der Waals surface area contributed by atoms with Gasteiger partial charge in [-0.15, -0.1) is 0 Å². The number of phenols is 1. The van der Waals surface area contributed by atoms with Crippen LogP contribution in [0.15, 0.2) is 30.9 Å². The minimum Gasteiger partial charge on any atom is -0.507 e. The molecule has 0 saturated carbocycles. The van der Waals surface area contributed by atoms with Crippen LogP contribution in [-0.2, 0) is 17.9 Å². The summed E-state index contributed by atoms with van der Waals surface area (Å²) in [6, 6.07) is 3.81. The number of anilines is 1. The van der Waals surface area contributed by atoms with E-state index in [1.54, 1.807) is 4.90 Å². The molecule has 2 amide bonds.